The first kappa shape index (κ1) is 13.4. The summed E-state index contributed by atoms with van der Waals surface area (Å²) < 4.78 is 5.11. The molecule has 0 spiro atoms. The molecule has 1 aromatic rings. The van der Waals surface area contributed by atoms with Crippen LogP contribution in [0.2, 0.25) is 0 Å². The van der Waals surface area contributed by atoms with E-state index in [2.05, 4.69) is 15.8 Å². The van der Waals surface area contributed by atoms with Crippen LogP contribution in [-0.4, -0.2) is 24.5 Å². The van der Waals surface area contributed by atoms with Crippen molar-refractivity contribution in [2.75, 3.05) is 7.11 Å². The Kier molecular flexibility index (Phi) is 5.42. The van der Waals surface area contributed by atoms with Crippen LogP contribution in [0, 0.1) is 0 Å². The number of nitrogens with zero attached hydrogens (tertiary/aromatic N) is 1. The summed E-state index contributed by atoms with van der Waals surface area (Å²) in [5.41, 5.74) is 3.70. The monoisotopic (exact) mass is 251 g/mol. The first-order valence-electron chi connectivity index (χ1n) is 5.35. The van der Waals surface area contributed by atoms with Crippen molar-refractivity contribution < 1.29 is 4.74 Å². The number of benzene rings is 1. The molecule has 2 N–H and O–H groups in total. The average Bonchev–Trinajstić information content (AvgIpc) is 2.28. The maximum absolute atomic E-state index is 5.11. The van der Waals surface area contributed by atoms with Gasteiger partial charge in [-0.25, -0.2) is 0 Å². The van der Waals surface area contributed by atoms with E-state index in [4.69, 9.17) is 17.0 Å². The molecule has 0 aliphatic rings. The van der Waals surface area contributed by atoms with Gasteiger partial charge in [-0.2, -0.15) is 5.10 Å². The zero-order chi connectivity index (χ0) is 12.7. The van der Waals surface area contributed by atoms with Crippen LogP contribution < -0.4 is 15.5 Å². The third-order valence-corrected chi connectivity index (χ3v) is 2.10. The standard InChI is InChI=1S/C12H17N3OS/c1-9(2)14-12(17)15-13-8-10-5-4-6-11(7-10)16-3/h4-9H,1-3H3,(H2,14,15,17)/b13-8-. The minimum atomic E-state index is 0.294. The maximum Gasteiger partial charge on any atom is 0.187 e. The van der Waals surface area contributed by atoms with Gasteiger partial charge in [0.25, 0.3) is 0 Å². The highest BCUT2D eigenvalue weighted by Gasteiger charge is 1.95. The van der Waals surface area contributed by atoms with Gasteiger partial charge >= 0.3 is 0 Å². The van der Waals surface area contributed by atoms with Gasteiger partial charge in [-0.05, 0) is 43.8 Å². The molecule has 0 unspecified atom stereocenters. The third-order valence-electron chi connectivity index (χ3n) is 1.89. The number of hydrogen-bond acceptors (Lipinski definition) is 3. The van der Waals surface area contributed by atoms with Crippen LogP contribution in [0.5, 0.6) is 5.75 Å². The van der Waals surface area contributed by atoms with Crippen LogP contribution in [0.25, 0.3) is 0 Å². The second-order valence-electron chi connectivity index (χ2n) is 3.77. The van der Waals surface area contributed by atoms with Gasteiger partial charge in [0, 0.05) is 6.04 Å². The Morgan fingerprint density at radius 3 is 2.88 bits per heavy atom. The zero-order valence-corrected chi connectivity index (χ0v) is 11.0. The number of methoxy groups -OCH3 is 1. The Morgan fingerprint density at radius 1 is 1.47 bits per heavy atom. The number of thiocarbonyl (C=S) groups is 1. The van der Waals surface area contributed by atoms with E-state index in [-0.39, 0.29) is 0 Å². The zero-order valence-electron chi connectivity index (χ0n) is 10.2. The highest BCUT2D eigenvalue weighted by atomic mass is 32.1. The predicted octanol–water partition coefficient (Wildman–Crippen LogP) is 1.90. The minimum absolute atomic E-state index is 0.294. The van der Waals surface area contributed by atoms with E-state index in [0.717, 1.165) is 11.3 Å². The van der Waals surface area contributed by atoms with Crippen molar-refractivity contribution >= 4 is 23.5 Å². The molecule has 0 aliphatic carbocycles. The van der Waals surface area contributed by atoms with Crippen molar-refractivity contribution in [3.8, 4) is 5.75 Å². The van der Waals surface area contributed by atoms with Gasteiger partial charge < -0.3 is 10.1 Å². The lowest BCUT2D eigenvalue weighted by Crippen LogP contribution is -2.36. The Bertz CT molecular complexity index is 404. The number of ether oxygens (including phenoxy) is 1. The Labute approximate surface area is 107 Å². The van der Waals surface area contributed by atoms with E-state index in [9.17, 15) is 0 Å². The fraction of sp³-hybridized carbons (Fsp3) is 0.333. The van der Waals surface area contributed by atoms with Crippen molar-refractivity contribution in [3.63, 3.8) is 0 Å². The van der Waals surface area contributed by atoms with Crippen molar-refractivity contribution in [1.29, 1.82) is 0 Å². The van der Waals surface area contributed by atoms with Crippen LogP contribution in [0.4, 0.5) is 0 Å². The quantitative estimate of drug-likeness (QED) is 0.487. The molecule has 0 aliphatic heterocycles. The van der Waals surface area contributed by atoms with E-state index < -0.39 is 0 Å². The largest absolute Gasteiger partial charge is 0.497 e. The van der Waals surface area contributed by atoms with Crippen LogP contribution in [-0.2, 0) is 0 Å². The first-order chi connectivity index (χ1) is 8.11. The van der Waals surface area contributed by atoms with E-state index in [1.807, 2.05) is 38.1 Å². The summed E-state index contributed by atoms with van der Waals surface area (Å²) in [6.45, 7) is 4.03. The second-order valence-corrected chi connectivity index (χ2v) is 4.18. The smallest absolute Gasteiger partial charge is 0.187 e. The molecule has 0 saturated heterocycles. The molecule has 0 saturated carbocycles. The molecule has 5 heteroatoms. The number of nitrogens with one attached hydrogen (secondary N) is 2. The van der Waals surface area contributed by atoms with Gasteiger partial charge in [0.1, 0.15) is 5.75 Å². The molecular weight excluding hydrogens is 234 g/mol. The molecule has 4 nitrogen and oxygen atoms in total. The van der Waals surface area contributed by atoms with Crippen LogP contribution in [0.3, 0.4) is 0 Å². The Hall–Kier alpha value is -1.62. The van der Waals surface area contributed by atoms with E-state index in [0.29, 0.717) is 11.2 Å². The fourth-order valence-corrected chi connectivity index (χ4v) is 1.47. The van der Waals surface area contributed by atoms with E-state index in [1.54, 1.807) is 13.3 Å². The Balaban J connectivity index is 2.50. The molecular formula is C12H17N3OS. The predicted molar refractivity (Wildman–Crippen MR) is 74.6 cm³/mol. The van der Waals surface area contributed by atoms with Crippen molar-refractivity contribution in [2.24, 2.45) is 5.10 Å². The lowest BCUT2D eigenvalue weighted by Gasteiger charge is -2.09. The molecule has 92 valence electrons. The summed E-state index contributed by atoms with van der Waals surface area (Å²) in [6, 6.07) is 7.92. The average molecular weight is 251 g/mol. The molecule has 0 heterocycles. The summed E-state index contributed by atoms with van der Waals surface area (Å²) in [6.07, 6.45) is 1.69. The molecule has 17 heavy (non-hydrogen) atoms. The molecule has 0 amide bonds. The normalized spacial score (nSPS) is 10.6. The lowest BCUT2D eigenvalue weighted by atomic mass is 10.2. The summed E-state index contributed by atoms with van der Waals surface area (Å²) in [4.78, 5) is 0. The van der Waals surface area contributed by atoms with Crippen molar-refractivity contribution in [3.05, 3.63) is 29.8 Å². The third kappa shape index (κ3) is 5.31. The van der Waals surface area contributed by atoms with Crippen LogP contribution >= 0.6 is 12.2 Å². The summed E-state index contributed by atoms with van der Waals surface area (Å²) in [5, 5.41) is 7.58. The van der Waals surface area contributed by atoms with Gasteiger partial charge in [-0.15, -0.1) is 0 Å². The maximum atomic E-state index is 5.11. The van der Waals surface area contributed by atoms with Gasteiger partial charge in [-0.3, -0.25) is 5.43 Å². The SMILES string of the molecule is COc1cccc(/C=N\NC(=S)NC(C)C)c1. The minimum Gasteiger partial charge on any atom is -0.497 e. The molecule has 0 bridgehead atoms. The Morgan fingerprint density at radius 2 is 2.24 bits per heavy atom. The van der Waals surface area contributed by atoms with Crippen LogP contribution in [0.15, 0.2) is 29.4 Å². The molecule has 0 atom stereocenters. The summed E-state index contributed by atoms with van der Waals surface area (Å²) in [7, 11) is 1.64. The topological polar surface area (TPSA) is 45.6 Å². The summed E-state index contributed by atoms with van der Waals surface area (Å²) in [5.74, 6) is 0.803. The molecule has 0 fully saturated rings. The lowest BCUT2D eigenvalue weighted by molar-refractivity contribution is 0.415. The molecule has 1 rings (SSSR count). The van der Waals surface area contributed by atoms with Crippen LogP contribution in [0.1, 0.15) is 19.4 Å². The first-order valence-corrected chi connectivity index (χ1v) is 5.76. The second kappa shape index (κ2) is 6.85. The van der Waals surface area contributed by atoms with Gasteiger partial charge in [0.2, 0.25) is 0 Å². The molecule has 1 aromatic carbocycles. The molecule has 0 aromatic heterocycles. The van der Waals surface area contributed by atoms with Gasteiger partial charge in [-0.1, -0.05) is 12.1 Å². The van der Waals surface area contributed by atoms with E-state index >= 15 is 0 Å². The van der Waals surface area contributed by atoms with Gasteiger partial charge in [0.05, 0.1) is 13.3 Å². The van der Waals surface area contributed by atoms with E-state index in [1.165, 1.54) is 0 Å². The van der Waals surface area contributed by atoms with Crippen molar-refractivity contribution in [2.45, 2.75) is 19.9 Å². The number of hydrazone groups is 1. The highest BCUT2D eigenvalue weighted by Crippen LogP contribution is 2.10. The fourth-order valence-electron chi connectivity index (χ4n) is 1.18. The summed E-state index contributed by atoms with van der Waals surface area (Å²) >= 11 is 5.03. The van der Waals surface area contributed by atoms with Gasteiger partial charge in [0.15, 0.2) is 5.11 Å². The molecule has 0 radical (unpaired) electrons. The number of hydrogen-bond donors (Lipinski definition) is 2. The van der Waals surface area contributed by atoms with Crippen molar-refractivity contribution in [1.82, 2.24) is 10.7 Å². The highest BCUT2D eigenvalue weighted by molar-refractivity contribution is 7.80. The number of rotatable bonds is 4.